The minimum atomic E-state index is 1.22. The number of rotatable bonds is 0. The molecular weight excluding hydrogens is 172 g/mol. The molecule has 1 heterocycles. The molecule has 1 aromatic carbocycles. The maximum Gasteiger partial charge on any atom is 0.0574 e. The van der Waals surface area contributed by atoms with Crippen molar-refractivity contribution in [1.82, 2.24) is 10.2 Å². The molecule has 2 heteroatoms. The third-order valence-electron chi connectivity index (χ3n) is 3.01. The highest BCUT2D eigenvalue weighted by Gasteiger charge is 2.09. The van der Waals surface area contributed by atoms with E-state index in [-0.39, 0.29) is 0 Å². The molecule has 0 N–H and O–H groups in total. The van der Waals surface area contributed by atoms with Crippen molar-refractivity contribution in [2.45, 2.75) is 25.7 Å². The average Bonchev–Trinajstić information content (AvgIpc) is 2.26. The summed E-state index contributed by atoms with van der Waals surface area (Å²) in [7, 11) is 0. The van der Waals surface area contributed by atoms with Crippen molar-refractivity contribution < 1.29 is 0 Å². The molecule has 0 amide bonds. The summed E-state index contributed by atoms with van der Waals surface area (Å²) in [6.07, 6.45) is 8.82. The lowest BCUT2D eigenvalue weighted by molar-refractivity contribution is 0.687. The van der Waals surface area contributed by atoms with Gasteiger partial charge in [0.05, 0.1) is 12.4 Å². The first kappa shape index (κ1) is 7.92. The minimum absolute atomic E-state index is 1.22. The van der Waals surface area contributed by atoms with Gasteiger partial charge in [-0.15, -0.1) is 0 Å². The number of benzene rings is 1. The Morgan fingerprint density at radius 2 is 1.29 bits per heavy atom. The van der Waals surface area contributed by atoms with Gasteiger partial charge >= 0.3 is 0 Å². The Morgan fingerprint density at radius 1 is 0.786 bits per heavy atom. The second kappa shape index (κ2) is 3.05. The van der Waals surface area contributed by atoms with E-state index in [9.17, 15) is 0 Å². The predicted molar refractivity (Wildman–Crippen MR) is 56.2 cm³/mol. The van der Waals surface area contributed by atoms with Crippen LogP contribution in [0.2, 0.25) is 0 Å². The lowest BCUT2D eigenvalue weighted by Gasteiger charge is -2.15. The Hall–Kier alpha value is -1.44. The number of aromatic nitrogens is 2. The maximum absolute atomic E-state index is 3.91. The Morgan fingerprint density at radius 3 is 1.79 bits per heavy atom. The molecule has 1 aliphatic carbocycles. The first-order chi connectivity index (χ1) is 6.93. The third kappa shape index (κ3) is 1.18. The topological polar surface area (TPSA) is 25.8 Å². The largest absolute Gasteiger partial charge is 0.158 e. The fourth-order valence-electron chi connectivity index (χ4n) is 2.24. The summed E-state index contributed by atoms with van der Waals surface area (Å²) in [5.41, 5.74) is 3.02. The van der Waals surface area contributed by atoms with E-state index in [0.29, 0.717) is 0 Å². The highest BCUT2D eigenvalue weighted by molar-refractivity contribution is 5.82. The zero-order valence-corrected chi connectivity index (χ0v) is 8.03. The molecule has 0 unspecified atom stereocenters. The van der Waals surface area contributed by atoms with Gasteiger partial charge in [-0.1, -0.05) is 0 Å². The molecule has 0 bridgehead atoms. The van der Waals surface area contributed by atoms with E-state index in [1.54, 1.807) is 0 Å². The van der Waals surface area contributed by atoms with E-state index in [1.807, 2.05) is 12.4 Å². The van der Waals surface area contributed by atoms with E-state index >= 15 is 0 Å². The monoisotopic (exact) mass is 184 g/mol. The van der Waals surface area contributed by atoms with Crippen LogP contribution in [0.1, 0.15) is 24.0 Å². The van der Waals surface area contributed by atoms with Crippen LogP contribution in [0.5, 0.6) is 0 Å². The zero-order valence-electron chi connectivity index (χ0n) is 8.03. The molecule has 0 fully saturated rings. The van der Waals surface area contributed by atoms with Crippen LogP contribution in [0, 0.1) is 0 Å². The summed E-state index contributed by atoms with van der Waals surface area (Å²) >= 11 is 0. The molecular formula is C12H12N2. The normalized spacial score (nSPS) is 15.4. The second-order valence-corrected chi connectivity index (χ2v) is 3.95. The lowest BCUT2D eigenvalue weighted by Crippen LogP contribution is -2.02. The van der Waals surface area contributed by atoms with Crippen molar-refractivity contribution in [1.29, 1.82) is 0 Å². The number of nitrogens with zero attached hydrogens (tertiary/aromatic N) is 2. The van der Waals surface area contributed by atoms with Gasteiger partial charge in [0.1, 0.15) is 0 Å². The van der Waals surface area contributed by atoms with Crippen LogP contribution in [0.3, 0.4) is 0 Å². The van der Waals surface area contributed by atoms with Crippen LogP contribution in [-0.4, -0.2) is 10.2 Å². The van der Waals surface area contributed by atoms with E-state index in [2.05, 4.69) is 22.3 Å². The molecule has 0 aliphatic heterocycles. The summed E-state index contributed by atoms with van der Waals surface area (Å²) in [4.78, 5) is 0. The lowest BCUT2D eigenvalue weighted by atomic mass is 9.90. The van der Waals surface area contributed by atoms with Crippen LogP contribution >= 0.6 is 0 Å². The summed E-state index contributed by atoms with van der Waals surface area (Å²) in [6, 6.07) is 4.55. The summed E-state index contributed by atoms with van der Waals surface area (Å²) in [5, 5.41) is 10.3. The molecule has 0 atom stereocenters. The van der Waals surface area contributed by atoms with Crippen molar-refractivity contribution in [3.63, 3.8) is 0 Å². The number of fused-ring (bicyclic) bond motifs is 2. The first-order valence-corrected chi connectivity index (χ1v) is 5.16. The first-order valence-electron chi connectivity index (χ1n) is 5.16. The van der Waals surface area contributed by atoms with Crippen molar-refractivity contribution >= 4 is 10.8 Å². The number of hydrogen-bond acceptors (Lipinski definition) is 2. The number of hydrogen-bond donors (Lipinski definition) is 0. The van der Waals surface area contributed by atoms with Crippen molar-refractivity contribution in [3.05, 3.63) is 35.7 Å². The highest BCUT2D eigenvalue weighted by atomic mass is 15.1. The molecule has 0 radical (unpaired) electrons. The summed E-state index contributed by atoms with van der Waals surface area (Å²) in [6.45, 7) is 0. The van der Waals surface area contributed by atoms with Crippen LogP contribution < -0.4 is 0 Å². The molecule has 1 aromatic heterocycles. The van der Waals surface area contributed by atoms with Gasteiger partial charge in [-0.25, -0.2) is 0 Å². The van der Waals surface area contributed by atoms with Crippen LogP contribution in [0.15, 0.2) is 24.5 Å². The fourth-order valence-corrected chi connectivity index (χ4v) is 2.24. The molecule has 0 spiro atoms. The Balaban J connectivity index is 2.27. The minimum Gasteiger partial charge on any atom is -0.158 e. The van der Waals surface area contributed by atoms with E-state index in [4.69, 9.17) is 0 Å². The van der Waals surface area contributed by atoms with Gasteiger partial charge in [-0.3, -0.25) is 0 Å². The SMILES string of the molecule is c1nncc2cc3c(cc12)CCCC3. The van der Waals surface area contributed by atoms with Gasteiger partial charge in [0, 0.05) is 10.8 Å². The smallest absolute Gasteiger partial charge is 0.0574 e. The van der Waals surface area contributed by atoms with E-state index in [0.717, 1.165) is 0 Å². The Bertz CT molecular complexity index is 432. The van der Waals surface area contributed by atoms with Crippen molar-refractivity contribution in [3.8, 4) is 0 Å². The van der Waals surface area contributed by atoms with Gasteiger partial charge in [-0.05, 0) is 48.9 Å². The summed E-state index contributed by atoms with van der Waals surface area (Å²) < 4.78 is 0. The Kier molecular flexibility index (Phi) is 1.72. The third-order valence-corrected chi connectivity index (χ3v) is 3.01. The fraction of sp³-hybridized carbons (Fsp3) is 0.333. The second-order valence-electron chi connectivity index (χ2n) is 3.95. The molecule has 14 heavy (non-hydrogen) atoms. The van der Waals surface area contributed by atoms with Crippen molar-refractivity contribution in [2.24, 2.45) is 0 Å². The number of aryl methyl sites for hydroxylation is 2. The van der Waals surface area contributed by atoms with Gasteiger partial charge in [-0.2, -0.15) is 10.2 Å². The van der Waals surface area contributed by atoms with Crippen LogP contribution in [-0.2, 0) is 12.8 Å². The predicted octanol–water partition coefficient (Wildman–Crippen LogP) is 2.51. The molecule has 2 nitrogen and oxygen atoms in total. The van der Waals surface area contributed by atoms with E-state index in [1.165, 1.54) is 47.6 Å². The van der Waals surface area contributed by atoms with E-state index < -0.39 is 0 Å². The Labute approximate surface area is 83.0 Å². The standard InChI is InChI=1S/C12H12N2/c1-2-4-10-6-12-8-14-13-7-11(12)5-9(10)3-1/h5-8H,1-4H2. The maximum atomic E-state index is 3.91. The average molecular weight is 184 g/mol. The molecule has 3 rings (SSSR count). The van der Waals surface area contributed by atoms with Crippen LogP contribution in [0.4, 0.5) is 0 Å². The van der Waals surface area contributed by atoms with Gasteiger partial charge < -0.3 is 0 Å². The molecule has 70 valence electrons. The molecule has 1 aliphatic rings. The quantitative estimate of drug-likeness (QED) is 0.628. The van der Waals surface area contributed by atoms with Crippen molar-refractivity contribution in [2.75, 3.05) is 0 Å². The summed E-state index contributed by atoms with van der Waals surface area (Å²) in [5.74, 6) is 0. The molecule has 0 saturated carbocycles. The zero-order chi connectivity index (χ0) is 9.38. The molecule has 2 aromatic rings. The molecule has 0 saturated heterocycles. The van der Waals surface area contributed by atoms with Gasteiger partial charge in [0.25, 0.3) is 0 Å². The van der Waals surface area contributed by atoms with Crippen LogP contribution in [0.25, 0.3) is 10.8 Å². The highest BCUT2D eigenvalue weighted by Crippen LogP contribution is 2.25. The van der Waals surface area contributed by atoms with Gasteiger partial charge in [0.2, 0.25) is 0 Å². The van der Waals surface area contributed by atoms with Gasteiger partial charge in [0.15, 0.2) is 0 Å².